The first-order valence-corrected chi connectivity index (χ1v) is 8.44. The number of ether oxygens (including phenoxy) is 2. The lowest BCUT2D eigenvalue weighted by molar-refractivity contribution is -0.157. The van der Waals surface area contributed by atoms with Gasteiger partial charge in [-0.15, -0.1) is 0 Å². The third kappa shape index (κ3) is 7.76. The van der Waals surface area contributed by atoms with Gasteiger partial charge >= 0.3 is 18.1 Å². The minimum atomic E-state index is -1.21. The summed E-state index contributed by atoms with van der Waals surface area (Å²) in [4.78, 5) is 47.2. The lowest BCUT2D eigenvalue weighted by Gasteiger charge is -2.22. The highest BCUT2D eigenvalue weighted by molar-refractivity contribution is 5.97. The van der Waals surface area contributed by atoms with Crippen LogP contribution in [0.4, 0.5) is 9.59 Å². The molecular weight excluding hydrogens is 354 g/mol. The van der Waals surface area contributed by atoms with Gasteiger partial charge in [0.2, 0.25) is 0 Å². The first kappa shape index (κ1) is 21.9. The standard InChI is InChI=1S/C18H25N3O6/c1-11(2)14(16(23)27-12(3)15(22)21-17(24)19-4)20-18(25)26-10-13-8-6-5-7-9-13/h5-9,11-12,14H,10H2,1-4H3,(H,20,25)(H2,19,21,22,24)/t12-,14-/m0/s1. The minimum absolute atomic E-state index is 0.0530. The molecule has 0 unspecified atom stereocenters. The summed E-state index contributed by atoms with van der Waals surface area (Å²) in [6, 6.07) is 7.35. The molecule has 1 rings (SSSR count). The summed E-state index contributed by atoms with van der Waals surface area (Å²) in [7, 11) is 1.35. The van der Waals surface area contributed by atoms with E-state index in [2.05, 4.69) is 10.6 Å². The van der Waals surface area contributed by atoms with Gasteiger partial charge in [0.1, 0.15) is 12.6 Å². The molecule has 0 saturated heterocycles. The third-order valence-electron chi connectivity index (χ3n) is 3.53. The quantitative estimate of drug-likeness (QED) is 0.614. The summed E-state index contributed by atoms with van der Waals surface area (Å²) in [5, 5.41) is 6.65. The molecule has 148 valence electrons. The van der Waals surface area contributed by atoms with Crippen LogP contribution in [0.15, 0.2) is 30.3 Å². The summed E-state index contributed by atoms with van der Waals surface area (Å²) >= 11 is 0. The van der Waals surface area contributed by atoms with Gasteiger partial charge in [0.05, 0.1) is 0 Å². The Hall–Kier alpha value is -3.10. The summed E-state index contributed by atoms with van der Waals surface area (Å²) < 4.78 is 10.1. The number of nitrogens with one attached hydrogen (secondary N) is 3. The number of carbonyl (C=O) groups excluding carboxylic acids is 4. The monoisotopic (exact) mass is 379 g/mol. The Kier molecular flexibility index (Phi) is 8.77. The van der Waals surface area contributed by atoms with Crippen LogP contribution < -0.4 is 16.0 Å². The van der Waals surface area contributed by atoms with Crippen LogP contribution in [-0.4, -0.2) is 43.2 Å². The molecule has 0 heterocycles. The molecule has 1 aromatic carbocycles. The molecule has 3 N–H and O–H groups in total. The summed E-state index contributed by atoms with van der Waals surface area (Å²) in [5.41, 5.74) is 0.802. The highest BCUT2D eigenvalue weighted by Gasteiger charge is 2.29. The molecule has 0 spiro atoms. The number of carbonyl (C=O) groups is 4. The number of imide groups is 1. The molecule has 0 aliphatic carbocycles. The molecule has 0 radical (unpaired) electrons. The van der Waals surface area contributed by atoms with Crippen LogP contribution in [0.1, 0.15) is 26.3 Å². The zero-order valence-corrected chi connectivity index (χ0v) is 15.8. The fraction of sp³-hybridized carbons (Fsp3) is 0.444. The Bertz CT molecular complexity index is 662. The van der Waals surface area contributed by atoms with Crippen molar-refractivity contribution in [2.24, 2.45) is 5.92 Å². The Morgan fingerprint density at radius 3 is 2.22 bits per heavy atom. The third-order valence-corrected chi connectivity index (χ3v) is 3.53. The topological polar surface area (TPSA) is 123 Å². The van der Waals surface area contributed by atoms with Crippen LogP contribution >= 0.6 is 0 Å². The Morgan fingerprint density at radius 2 is 1.67 bits per heavy atom. The van der Waals surface area contributed by atoms with Gasteiger partial charge < -0.3 is 20.1 Å². The van der Waals surface area contributed by atoms with Gasteiger partial charge in [0.15, 0.2) is 6.10 Å². The normalized spacial score (nSPS) is 12.5. The molecule has 1 aromatic rings. The second-order valence-corrected chi connectivity index (χ2v) is 6.08. The van der Waals surface area contributed by atoms with Gasteiger partial charge in [0, 0.05) is 7.05 Å². The van der Waals surface area contributed by atoms with E-state index in [1.807, 2.05) is 23.5 Å². The van der Waals surface area contributed by atoms with Crippen molar-refractivity contribution in [3.05, 3.63) is 35.9 Å². The largest absolute Gasteiger partial charge is 0.451 e. The number of urea groups is 1. The molecule has 9 heteroatoms. The molecule has 0 fully saturated rings. The van der Waals surface area contributed by atoms with E-state index < -0.39 is 36.1 Å². The van der Waals surface area contributed by atoms with E-state index in [4.69, 9.17) is 9.47 Å². The van der Waals surface area contributed by atoms with E-state index in [1.54, 1.807) is 26.0 Å². The van der Waals surface area contributed by atoms with Crippen molar-refractivity contribution in [2.75, 3.05) is 7.05 Å². The van der Waals surface area contributed by atoms with Crippen LogP contribution in [0.2, 0.25) is 0 Å². The predicted octanol–water partition coefficient (Wildman–Crippen LogP) is 1.32. The highest BCUT2D eigenvalue weighted by atomic mass is 16.6. The number of amides is 4. The van der Waals surface area contributed by atoms with Crippen molar-refractivity contribution in [2.45, 2.75) is 39.5 Å². The predicted molar refractivity (Wildman–Crippen MR) is 96.5 cm³/mol. The van der Waals surface area contributed by atoms with E-state index >= 15 is 0 Å². The Balaban J connectivity index is 2.58. The first-order valence-electron chi connectivity index (χ1n) is 8.44. The number of hydrogen-bond acceptors (Lipinski definition) is 6. The number of benzene rings is 1. The zero-order valence-electron chi connectivity index (χ0n) is 15.8. The smallest absolute Gasteiger partial charge is 0.408 e. The zero-order chi connectivity index (χ0) is 20.4. The molecule has 2 atom stereocenters. The molecule has 9 nitrogen and oxygen atoms in total. The number of alkyl carbamates (subject to hydrolysis) is 1. The van der Waals surface area contributed by atoms with E-state index in [9.17, 15) is 19.2 Å². The minimum Gasteiger partial charge on any atom is -0.451 e. The maximum atomic E-state index is 12.3. The summed E-state index contributed by atoms with van der Waals surface area (Å²) in [6.45, 7) is 4.79. The van der Waals surface area contributed by atoms with E-state index in [0.29, 0.717) is 0 Å². The van der Waals surface area contributed by atoms with Gasteiger partial charge in [-0.1, -0.05) is 44.2 Å². The SMILES string of the molecule is CNC(=O)NC(=O)[C@H](C)OC(=O)[C@@H](NC(=O)OCc1ccccc1)C(C)C. The molecule has 0 aliphatic heterocycles. The van der Waals surface area contributed by atoms with Crippen LogP contribution in [-0.2, 0) is 25.7 Å². The van der Waals surface area contributed by atoms with E-state index in [1.165, 1.54) is 14.0 Å². The lowest BCUT2D eigenvalue weighted by atomic mass is 10.1. The van der Waals surface area contributed by atoms with E-state index in [0.717, 1.165) is 5.56 Å². The van der Waals surface area contributed by atoms with Gasteiger partial charge in [-0.05, 0) is 18.4 Å². The number of esters is 1. The van der Waals surface area contributed by atoms with Gasteiger partial charge in [-0.2, -0.15) is 0 Å². The van der Waals surface area contributed by atoms with E-state index in [-0.39, 0.29) is 12.5 Å². The fourth-order valence-corrected chi connectivity index (χ4v) is 1.97. The maximum Gasteiger partial charge on any atom is 0.408 e. The fourth-order valence-electron chi connectivity index (χ4n) is 1.97. The van der Waals surface area contributed by atoms with Crippen molar-refractivity contribution in [3.63, 3.8) is 0 Å². The lowest BCUT2D eigenvalue weighted by Crippen LogP contribution is -2.49. The summed E-state index contributed by atoms with van der Waals surface area (Å²) in [5.74, 6) is -1.89. The number of hydrogen-bond donors (Lipinski definition) is 3. The van der Waals surface area contributed by atoms with Crippen molar-refractivity contribution >= 4 is 24.0 Å². The van der Waals surface area contributed by atoms with Crippen molar-refractivity contribution in [1.82, 2.24) is 16.0 Å². The maximum absolute atomic E-state index is 12.3. The van der Waals surface area contributed by atoms with Crippen LogP contribution in [0, 0.1) is 5.92 Å². The average Bonchev–Trinajstić information content (AvgIpc) is 2.64. The molecule has 0 bridgehead atoms. The second-order valence-electron chi connectivity index (χ2n) is 6.08. The second kappa shape index (κ2) is 10.8. The van der Waals surface area contributed by atoms with Crippen LogP contribution in [0.25, 0.3) is 0 Å². The number of rotatable bonds is 7. The highest BCUT2D eigenvalue weighted by Crippen LogP contribution is 2.08. The van der Waals surface area contributed by atoms with Crippen LogP contribution in [0.3, 0.4) is 0 Å². The van der Waals surface area contributed by atoms with Crippen molar-refractivity contribution in [1.29, 1.82) is 0 Å². The van der Waals surface area contributed by atoms with Gasteiger partial charge in [-0.25, -0.2) is 14.4 Å². The Morgan fingerprint density at radius 1 is 1.04 bits per heavy atom. The van der Waals surface area contributed by atoms with Crippen molar-refractivity contribution < 1.29 is 28.7 Å². The van der Waals surface area contributed by atoms with Gasteiger partial charge in [-0.3, -0.25) is 10.1 Å². The molecule has 4 amide bonds. The molecule has 27 heavy (non-hydrogen) atoms. The van der Waals surface area contributed by atoms with Crippen LogP contribution in [0.5, 0.6) is 0 Å². The summed E-state index contributed by atoms with van der Waals surface area (Å²) in [6.07, 6.45) is -1.99. The van der Waals surface area contributed by atoms with Crippen molar-refractivity contribution in [3.8, 4) is 0 Å². The molecule has 0 aromatic heterocycles. The molecule has 0 saturated carbocycles. The average molecular weight is 379 g/mol. The van der Waals surface area contributed by atoms with Gasteiger partial charge in [0.25, 0.3) is 5.91 Å². The molecule has 0 aliphatic rings. The Labute approximate surface area is 157 Å². The molecular formula is C18H25N3O6. The first-order chi connectivity index (χ1) is 12.7.